The number of esters is 1. The van der Waals surface area contributed by atoms with Gasteiger partial charge in [-0.05, 0) is 32.0 Å². The second-order valence-corrected chi connectivity index (χ2v) is 9.07. The number of likely N-dealkylation sites (N-methyl/N-ethyl adjacent to an activating group) is 1. The van der Waals surface area contributed by atoms with E-state index in [2.05, 4.69) is 28.6 Å². The molecule has 4 saturated heterocycles. The highest BCUT2D eigenvalue weighted by atomic mass is 16.5. The smallest absolute Gasteiger partial charge is 0.340 e. The second-order valence-electron chi connectivity index (χ2n) is 9.07. The number of hydrogen-bond acceptors (Lipinski definition) is 5. The van der Waals surface area contributed by atoms with Crippen LogP contribution in [0.15, 0.2) is 30.5 Å². The van der Waals surface area contributed by atoms with Crippen molar-refractivity contribution in [2.45, 2.75) is 63.8 Å². The Bertz CT molecular complexity index is 934. The van der Waals surface area contributed by atoms with Gasteiger partial charge in [-0.15, -0.1) is 0 Å². The van der Waals surface area contributed by atoms with Crippen molar-refractivity contribution in [3.8, 4) is 0 Å². The molecule has 0 aliphatic carbocycles. The minimum Gasteiger partial charge on any atom is -0.459 e. The number of rotatable bonds is 6. The van der Waals surface area contributed by atoms with E-state index < -0.39 is 0 Å². The topological polar surface area (TPSA) is 65.6 Å². The molecule has 3 unspecified atom stereocenters. The van der Waals surface area contributed by atoms with E-state index >= 15 is 0 Å². The van der Waals surface area contributed by atoms with E-state index in [9.17, 15) is 9.59 Å². The largest absolute Gasteiger partial charge is 0.459 e. The number of aromatic nitrogens is 1. The van der Waals surface area contributed by atoms with Gasteiger partial charge in [0, 0.05) is 54.5 Å². The zero-order valence-electron chi connectivity index (χ0n) is 17.8. The number of fused-ring (bicyclic) bond motifs is 2. The maximum atomic E-state index is 13.0. The first-order chi connectivity index (χ1) is 14.6. The number of benzene rings is 1. The molecule has 1 aromatic carbocycles. The summed E-state index contributed by atoms with van der Waals surface area (Å²) in [5.41, 5.74) is 1.56. The maximum absolute atomic E-state index is 13.0. The van der Waals surface area contributed by atoms with E-state index in [1.165, 1.54) is 0 Å². The third-order valence-electron chi connectivity index (χ3n) is 7.53. The zero-order valence-corrected chi connectivity index (χ0v) is 17.8. The number of H-pyrrole nitrogens is 1. The van der Waals surface area contributed by atoms with Crippen molar-refractivity contribution in [2.75, 3.05) is 19.6 Å². The molecule has 3 atom stereocenters. The zero-order chi connectivity index (χ0) is 20.8. The molecule has 4 aliphatic heterocycles. The summed E-state index contributed by atoms with van der Waals surface area (Å²) >= 11 is 0. The van der Waals surface area contributed by atoms with Crippen molar-refractivity contribution < 1.29 is 14.3 Å². The number of ether oxygens (including phenoxy) is 1. The molecule has 6 heteroatoms. The van der Waals surface area contributed by atoms with Crippen LogP contribution in [0.2, 0.25) is 0 Å². The van der Waals surface area contributed by atoms with E-state index in [-0.39, 0.29) is 24.0 Å². The van der Waals surface area contributed by atoms with Crippen molar-refractivity contribution in [2.24, 2.45) is 5.92 Å². The molecule has 5 heterocycles. The molecule has 6 rings (SSSR count). The van der Waals surface area contributed by atoms with Gasteiger partial charge >= 0.3 is 5.97 Å². The van der Waals surface area contributed by atoms with E-state index in [0.29, 0.717) is 23.4 Å². The van der Waals surface area contributed by atoms with Gasteiger partial charge in [0.25, 0.3) is 0 Å². The van der Waals surface area contributed by atoms with Crippen LogP contribution < -0.4 is 0 Å². The lowest BCUT2D eigenvalue weighted by atomic mass is 9.68. The molecule has 2 aromatic rings. The minimum atomic E-state index is -0.242. The molecular weight excluding hydrogens is 378 g/mol. The molecule has 4 bridgehead atoms. The number of Topliss-reactive ketones (excluding diaryl/α,β-unsaturated/α-hetero) is 1. The van der Waals surface area contributed by atoms with Crippen LogP contribution in [0.5, 0.6) is 0 Å². The molecule has 6 nitrogen and oxygen atoms in total. The standard InChI is InChI=1S/C24H31N3O3/c1-3-26(4-2)14-22-23(28)15-9-16-11-18(12-17(10-15)27(16)22)30-24(29)20-13-25-21-8-6-5-7-19(20)21/h5-8,13,15-18,22,25H,3-4,9-12,14H2,1-2H3. The summed E-state index contributed by atoms with van der Waals surface area (Å²) in [6.07, 6.45) is 5.20. The summed E-state index contributed by atoms with van der Waals surface area (Å²) in [4.78, 5) is 33.9. The van der Waals surface area contributed by atoms with E-state index in [1.807, 2.05) is 24.3 Å². The number of nitrogens with zero attached hydrogens (tertiary/aromatic N) is 2. The number of para-hydroxylation sites is 1. The van der Waals surface area contributed by atoms with Gasteiger partial charge in [-0.2, -0.15) is 0 Å². The Morgan fingerprint density at radius 2 is 1.83 bits per heavy atom. The normalized spacial score (nSPS) is 32.7. The highest BCUT2D eigenvalue weighted by molar-refractivity contribution is 6.04. The van der Waals surface area contributed by atoms with Crippen molar-refractivity contribution in [3.05, 3.63) is 36.0 Å². The van der Waals surface area contributed by atoms with Crippen molar-refractivity contribution >= 4 is 22.7 Å². The molecule has 1 N–H and O–H groups in total. The number of ketones is 1. The third-order valence-corrected chi connectivity index (χ3v) is 7.53. The predicted octanol–water partition coefficient (Wildman–Crippen LogP) is 3.23. The van der Waals surface area contributed by atoms with Crippen LogP contribution >= 0.6 is 0 Å². The monoisotopic (exact) mass is 409 g/mol. The molecule has 160 valence electrons. The van der Waals surface area contributed by atoms with Crippen LogP contribution in [-0.4, -0.2) is 70.4 Å². The first-order valence-corrected chi connectivity index (χ1v) is 11.4. The van der Waals surface area contributed by atoms with Crippen LogP contribution in [0, 0.1) is 5.92 Å². The van der Waals surface area contributed by atoms with Gasteiger partial charge in [-0.25, -0.2) is 4.79 Å². The van der Waals surface area contributed by atoms with Crippen molar-refractivity contribution in [3.63, 3.8) is 0 Å². The fourth-order valence-electron chi connectivity index (χ4n) is 6.06. The van der Waals surface area contributed by atoms with E-state index in [1.54, 1.807) is 6.20 Å². The number of piperidine rings is 4. The van der Waals surface area contributed by atoms with Gasteiger partial charge in [0.2, 0.25) is 0 Å². The van der Waals surface area contributed by atoms with Crippen LogP contribution in [0.3, 0.4) is 0 Å². The van der Waals surface area contributed by atoms with Gasteiger partial charge < -0.3 is 14.6 Å². The first kappa shape index (κ1) is 19.8. The average molecular weight is 410 g/mol. The lowest BCUT2D eigenvalue weighted by Crippen LogP contribution is -2.69. The quantitative estimate of drug-likeness (QED) is 0.742. The Morgan fingerprint density at radius 1 is 1.13 bits per heavy atom. The number of carbonyl (C=O) groups is 2. The first-order valence-electron chi connectivity index (χ1n) is 11.4. The Balaban J connectivity index is 1.29. The molecule has 0 spiro atoms. The molecule has 0 saturated carbocycles. The molecule has 4 fully saturated rings. The molecule has 0 amide bonds. The van der Waals surface area contributed by atoms with Crippen LogP contribution in [-0.2, 0) is 9.53 Å². The Hall–Kier alpha value is -2.18. The van der Waals surface area contributed by atoms with Crippen LogP contribution in [0.4, 0.5) is 0 Å². The summed E-state index contributed by atoms with van der Waals surface area (Å²) < 4.78 is 5.99. The maximum Gasteiger partial charge on any atom is 0.340 e. The van der Waals surface area contributed by atoms with E-state index in [0.717, 1.165) is 56.2 Å². The molecule has 1 aromatic heterocycles. The van der Waals surface area contributed by atoms with Gasteiger partial charge in [0.1, 0.15) is 6.10 Å². The second kappa shape index (κ2) is 7.82. The Morgan fingerprint density at radius 3 is 2.53 bits per heavy atom. The van der Waals surface area contributed by atoms with Crippen molar-refractivity contribution in [1.29, 1.82) is 0 Å². The molecule has 4 aliphatic rings. The highest BCUT2D eigenvalue weighted by Gasteiger charge is 2.54. The minimum absolute atomic E-state index is 0.0117. The molecular formula is C24H31N3O3. The van der Waals surface area contributed by atoms with Crippen molar-refractivity contribution in [1.82, 2.24) is 14.8 Å². The SMILES string of the molecule is CCN(CC)CC1C(=O)C2CC3CC(OC(=O)c4c[nH]c5ccccc45)CC(C2)N31. The number of aromatic amines is 1. The summed E-state index contributed by atoms with van der Waals surface area (Å²) in [6, 6.07) is 8.52. The number of hydrogen-bond donors (Lipinski definition) is 1. The fraction of sp³-hybridized carbons (Fsp3) is 0.583. The Labute approximate surface area is 177 Å². The summed E-state index contributed by atoms with van der Waals surface area (Å²) in [6.45, 7) is 7.09. The van der Waals surface area contributed by atoms with Crippen LogP contribution in [0.25, 0.3) is 10.9 Å². The average Bonchev–Trinajstić information content (AvgIpc) is 3.17. The van der Waals surface area contributed by atoms with Gasteiger partial charge in [0.15, 0.2) is 5.78 Å². The lowest BCUT2D eigenvalue weighted by Gasteiger charge is -2.58. The van der Waals surface area contributed by atoms with E-state index in [4.69, 9.17) is 4.74 Å². The molecule has 0 radical (unpaired) electrons. The summed E-state index contributed by atoms with van der Waals surface area (Å²) in [7, 11) is 0. The number of nitrogens with one attached hydrogen (secondary N) is 1. The highest BCUT2D eigenvalue weighted by Crippen LogP contribution is 2.45. The van der Waals surface area contributed by atoms with Gasteiger partial charge in [0.05, 0.1) is 11.6 Å². The third kappa shape index (κ3) is 3.26. The van der Waals surface area contributed by atoms with Gasteiger partial charge in [-0.1, -0.05) is 32.0 Å². The Kier molecular flexibility index (Phi) is 5.15. The predicted molar refractivity (Wildman–Crippen MR) is 115 cm³/mol. The summed E-state index contributed by atoms with van der Waals surface area (Å²) in [5.74, 6) is 0.382. The van der Waals surface area contributed by atoms with Crippen LogP contribution in [0.1, 0.15) is 49.9 Å². The fourth-order valence-corrected chi connectivity index (χ4v) is 6.06. The van der Waals surface area contributed by atoms with Gasteiger partial charge in [-0.3, -0.25) is 9.69 Å². The molecule has 30 heavy (non-hydrogen) atoms. The number of carbonyl (C=O) groups excluding carboxylic acids is 2. The summed E-state index contributed by atoms with van der Waals surface area (Å²) in [5, 5.41) is 0.909. The lowest BCUT2D eigenvalue weighted by molar-refractivity contribution is -0.158.